The predicted octanol–water partition coefficient (Wildman–Crippen LogP) is 2.44. The Morgan fingerprint density at radius 3 is 2.75 bits per heavy atom. The highest BCUT2D eigenvalue weighted by Gasteiger charge is 2.42. The van der Waals surface area contributed by atoms with Crippen molar-refractivity contribution < 1.29 is 13.2 Å². The molecule has 0 saturated carbocycles. The maximum atomic E-state index is 12.3. The van der Waals surface area contributed by atoms with Gasteiger partial charge >= 0.3 is 0 Å². The van der Waals surface area contributed by atoms with Gasteiger partial charge in [-0.25, -0.2) is 12.7 Å². The van der Waals surface area contributed by atoms with Gasteiger partial charge in [0.2, 0.25) is 16.0 Å². The van der Waals surface area contributed by atoms with Crippen molar-refractivity contribution in [3.63, 3.8) is 0 Å². The van der Waals surface area contributed by atoms with E-state index in [1.54, 1.807) is 7.11 Å². The van der Waals surface area contributed by atoms with Crippen molar-refractivity contribution in [3.05, 3.63) is 41.3 Å². The highest BCUT2D eigenvalue weighted by molar-refractivity contribution is 7.89. The molecule has 0 unspecified atom stereocenters. The molecule has 0 amide bonds. The summed E-state index contributed by atoms with van der Waals surface area (Å²) in [6, 6.07) is 11.6. The molecule has 2 N–H and O–H groups in total. The van der Waals surface area contributed by atoms with E-state index >= 15 is 0 Å². The van der Waals surface area contributed by atoms with Crippen LogP contribution in [0.5, 0.6) is 5.75 Å². The Morgan fingerprint density at radius 1 is 1.33 bits per heavy atom. The lowest BCUT2D eigenvalue weighted by Gasteiger charge is -2.39. The number of methoxy groups -OCH3 is 1. The number of ether oxygens (including phenoxy) is 1. The van der Waals surface area contributed by atoms with Gasteiger partial charge in [0.1, 0.15) is 5.75 Å². The highest BCUT2D eigenvalue weighted by Crippen LogP contribution is 2.37. The van der Waals surface area contributed by atoms with E-state index in [-0.39, 0.29) is 11.7 Å². The van der Waals surface area contributed by atoms with Crippen molar-refractivity contribution in [1.29, 1.82) is 5.41 Å². The van der Waals surface area contributed by atoms with Crippen LogP contribution in [0.15, 0.2) is 36.4 Å². The van der Waals surface area contributed by atoms with Crippen LogP contribution in [0.3, 0.4) is 0 Å². The van der Waals surface area contributed by atoms with Gasteiger partial charge in [0, 0.05) is 16.8 Å². The highest BCUT2D eigenvalue weighted by atomic mass is 32.2. The summed E-state index contributed by atoms with van der Waals surface area (Å²) in [5, 5.41) is 10.9. The molecule has 1 aromatic heterocycles. The van der Waals surface area contributed by atoms with Crippen molar-refractivity contribution in [2.45, 2.75) is 12.5 Å². The van der Waals surface area contributed by atoms with Crippen molar-refractivity contribution in [2.75, 3.05) is 19.9 Å². The van der Waals surface area contributed by atoms with E-state index < -0.39 is 15.6 Å². The summed E-state index contributed by atoms with van der Waals surface area (Å²) in [6.07, 6.45) is 0. The van der Waals surface area contributed by atoms with Crippen molar-refractivity contribution in [2.24, 2.45) is 0 Å². The minimum Gasteiger partial charge on any atom is -0.497 e. The first-order chi connectivity index (χ1) is 11.2. The fourth-order valence-corrected chi connectivity index (χ4v) is 5.34. The number of sulfonamides is 1. The quantitative estimate of drug-likeness (QED) is 0.875. The Kier molecular flexibility index (Phi) is 4.05. The lowest BCUT2D eigenvalue weighted by molar-refractivity contribution is 0.415. The Bertz CT molecular complexity index is 891. The molecule has 0 aliphatic carbocycles. The minimum atomic E-state index is -3.50. The van der Waals surface area contributed by atoms with Crippen LogP contribution in [0.1, 0.15) is 11.8 Å². The molecule has 1 atom stereocenters. The van der Waals surface area contributed by atoms with Gasteiger partial charge in [0.25, 0.3) is 0 Å². The van der Waals surface area contributed by atoms with Crippen LogP contribution in [0.4, 0.5) is 0 Å². The normalized spacial score (nSPS) is 23.0. The van der Waals surface area contributed by atoms with Gasteiger partial charge in [0.15, 0.2) is 0 Å². The van der Waals surface area contributed by atoms with Crippen molar-refractivity contribution >= 4 is 27.3 Å². The van der Waals surface area contributed by atoms with Crippen LogP contribution in [0, 0.1) is 5.41 Å². The van der Waals surface area contributed by atoms with Crippen molar-refractivity contribution in [3.8, 4) is 16.2 Å². The largest absolute Gasteiger partial charge is 0.497 e. The van der Waals surface area contributed by atoms with Crippen LogP contribution in [-0.4, -0.2) is 38.6 Å². The number of guanidine groups is 1. The molecule has 1 aromatic carbocycles. The van der Waals surface area contributed by atoms with E-state index in [9.17, 15) is 8.42 Å². The number of hydrogen-bond donors (Lipinski definition) is 2. The number of benzene rings is 1. The van der Waals surface area contributed by atoms with Crippen LogP contribution in [0.2, 0.25) is 0 Å². The molecule has 1 aliphatic heterocycles. The van der Waals surface area contributed by atoms with E-state index in [2.05, 4.69) is 5.32 Å². The first kappa shape index (κ1) is 16.8. The number of nitrogens with one attached hydrogen (secondary N) is 2. The maximum Gasteiger partial charge on any atom is 0.239 e. The molecule has 2 aromatic rings. The average molecular weight is 365 g/mol. The summed E-state index contributed by atoms with van der Waals surface area (Å²) in [4.78, 5) is 1.90. The molecule has 0 spiro atoms. The first-order valence-electron chi connectivity index (χ1n) is 7.33. The lowest BCUT2D eigenvalue weighted by Crippen LogP contribution is -2.60. The standard InChI is InChI=1S/C16H19N3O3S2/c1-16(10-24(20,21)19(2)15(17)18-16)14-8-7-13(23-14)11-5-4-6-12(9-11)22-3/h4-9H,10H2,1-3H3,(H2,17,18)/t16-/m0/s1. The van der Waals surface area contributed by atoms with Crippen LogP contribution in [0.25, 0.3) is 10.4 Å². The Hall–Kier alpha value is -2.06. The molecule has 1 saturated heterocycles. The summed E-state index contributed by atoms with van der Waals surface area (Å²) in [6.45, 7) is 1.81. The SMILES string of the molecule is COc1cccc(-c2ccc([C@]3(C)CS(=O)(=O)N(C)C(=N)N3)s2)c1. The molecule has 0 bridgehead atoms. The number of thiophene rings is 1. The summed E-state index contributed by atoms with van der Waals surface area (Å²) in [5.41, 5.74) is 0.199. The van der Waals surface area contributed by atoms with Crippen molar-refractivity contribution in [1.82, 2.24) is 9.62 Å². The number of hydrogen-bond acceptors (Lipinski definition) is 5. The molecule has 0 radical (unpaired) electrons. The van der Waals surface area contributed by atoms with Gasteiger partial charge in [-0.1, -0.05) is 12.1 Å². The van der Waals surface area contributed by atoms with Gasteiger partial charge in [-0.2, -0.15) is 0 Å². The maximum absolute atomic E-state index is 12.3. The zero-order chi connectivity index (χ0) is 17.5. The molecule has 2 heterocycles. The van der Waals surface area contributed by atoms with E-state index in [1.165, 1.54) is 18.4 Å². The molecule has 8 heteroatoms. The Balaban J connectivity index is 1.96. The average Bonchev–Trinajstić information content (AvgIpc) is 3.03. The molecule has 3 rings (SSSR count). The fourth-order valence-electron chi connectivity index (χ4n) is 2.68. The summed E-state index contributed by atoms with van der Waals surface area (Å²) in [7, 11) is -0.486. The third-order valence-electron chi connectivity index (χ3n) is 4.10. The molecule has 6 nitrogen and oxygen atoms in total. The molecular formula is C16H19N3O3S2. The third-order valence-corrected chi connectivity index (χ3v) is 7.46. The van der Waals surface area contributed by atoms with E-state index in [0.717, 1.165) is 25.4 Å². The van der Waals surface area contributed by atoms with E-state index in [4.69, 9.17) is 10.1 Å². The van der Waals surface area contributed by atoms with Gasteiger partial charge in [0.05, 0.1) is 18.4 Å². The van der Waals surface area contributed by atoms with Gasteiger partial charge in [-0.15, -0.1) is 11.3 Å². The molecule has 1 fully saturated rings. The zero-order valence-electron chi connectivity index (χ0n) is 13.7. The predicted molar refractivity (Wildman–Crippen MR) is 96.1 cm³/mol. The topological polar surface area (TPSA) is 82.5 Å². The monoisotopic (exact) mass is 365 g/mol. The second-order valence-corrected chi connectivity index (χ2v) is 9.01. The van der Waals surface area contributed by atoms with Gasteiger partial charge in [-0.3, -0.25) is 5.41 Å². The number of rotatable bonds is 3. The zero-order valence-corrected chi connectivity index (χ0v) is 15.3. The van der Waals surface area contributed by atoms with Gasteiger partial charge in [-0.05, 0) is 36.8 Å². The van der Waals surface area contributed by atoms with Crippen LogP contribution in [-0.2, 0) is 15.6 Å². The molecule has 1 aliphatic rings. The number of nitrogens with zero attached hydrogens (tertiary/aromatic N) is 1. The summed E-state index contributed by atoms with van der Waals surface area (Å²) in [5.74, 6) is 0.576. The van der Waals surface area contributed by atoms with Gasteiger partial charge < -0.3 is 10.1 Å². The lowest BCUT2D eigenvalue weighted by atomic mass is 10.0. The molecular weight excluding hydrogens is 346 g/mol. The smallest absolute Gasteiger partial charge is 0.239 e. The Morgan fingerprint density at radius 2 is 2.08 bits per heavy atom. The molecule has 128 valence electrons. The first-order valence-corrected chi connectivity index (χ1v) is 9.76. The molecule has 24 heavy (non-hydrogen) atoms. The summed E-state index contributed by atoms with van der Waals surface area (Å²) < 4.78 is 30.8. The second-order valence-electron chi connectivity index (χ2n) is 5.93. The van der Waals surface area contributed by atoms with Crippen LogP contribution < -0.4 is 10.1 Å². The Labute approximate surface area is 145 Å². The third kappa shape index (κ3) is 2.87. The van der Waals surface area contributed by atoms with E-state index in [0.29, 0.717) is 0 Å². The fraction of sp³-hybridized carbons (Fsp3) is 0.312. The second kappa shape index (κ2) is 5.78. The van der Waals surface area contributed by atoms with Crippen LogP contribution >= 0.6 is 11.3 Å². The summed E-state index contributed by atoms with van der Waals surface area (Å²) >= 11 is 1.52. The minimum absolute atomic E-state index is 0.0864. The van der Waals surface area contributed by atoms with E-state index in [1.807, 2.05) is 43.3 Å².